The molecule has 3 aromatic carbocycles. The third-order valence-corrected chi connectivity index (χ3v) is 7.05. The maximum atomic E-state index is 13.2. The monoisotopic (exact) mass is 510 g/mol. The van der Waals surface area contributed by atoms with E-state index in [1.807, 2.05) is 50.2 Å². The number of esters is 1. The second kappa shape index (κ2) is 9.79. The molecular formula is C27H27BrO5. The van der Waals surface area contributed by atoms with Gasteiger partial charge in [0.1, 0.15) is 18.1 Å². The number of hydrogen-bond donors (Lipinski definition) is 1. The van der Waals surface area contributed by atoms with E-state index in [4.69, 9.17) is 9.47 Å². The number of hydrogen-bond acceptors (Lipinski definition) is 4. The zero-order valence-corrected chi connectivity index (χ0v) is 21.2. The highest BCUT2D eigenvalue weighted by Gasteiger charge is 2.25. The largest absolute Gasteiger partial charge is 0.488 e. The van der Waals surface area contributed by atoms with Gasteiger partial charge in [0.15, 0.2) is 0 Å². The van der Waals surface area contributed by atoms with Crippen LogP contribution in [0.2, 0.25) is 0 Å². The Balaban J connectivity index is 1.94. The number of carboxylic acids is 1. The van der Waals surface area contributed by atoms with E-state index in [0.717, 1.165) is 11.1 Å². The van der Waals surface area contributed by atoms with Gasteiger partial charge in [-0.2, -0.15) is 0 Å². The molecule has 3 rings (SSSR count). The van der Waals surface area contributed by atoms with Crippen molar-refractivity contribution in [2.45, 2.75) is 48.1 Å². The molecule has 0 atom stereocenters. The van der Waals surface area contributed by atoms with Gasteiger partial charge in [0.25, 0.3) is 0 Å². The van der Waals surface area contributed by atoms with E-state index in [9.17, 15) is 14.7 Å². The first-order valence-corrected chi connectivity index (χ1v) is 11.4. The predicted molar refractivity (Wildman–Crippen MR) is 132 cm³/mol. The van der Waals surface area contributed by atoms with Gasteiger partial charge >= 0.3 is 11.9 Å². The molecule has 0 aliphatic heterocycles. The molecule has 0 amide bonds. The summed E-state index contributed by atoms with van der Waals surface area (Å²) < 4.78 is 12.5. The average Bonchev–Trinajstić information content (AvgIpc) is 2.77. The van der Waals surface area contributed by atoms with Crippen molar-refractivity contribution < 1.29 is 24.2 Å². The van der Waals surface area contributed by atoms with Crippen molar-refractivity contribution in [1.29, 1.82) is 0 Å². The molecule has 1 N–H and O–H groups in total. The first kappa shape index (κ1) is 24.5. The summed E-state index contributed by atoms with van der Waals surface area (Å²) in [5.41, 5.74) is 5.65. The number of carboxylic acid groups (broad SMARTS) is 1. The summed E-state index contributed by atoms with van der Waals surface area (Å²) in [7, 11) is 0. The number of halogens is 1. The highest BCUT2D eigenvalue weighted by atomic mass is 79.9. The van der Waals surface area contributed by atoms with Crippen molar-refractivity contribution in [1.82, 2.24) is 0 Å². The number of aromatic carboxylic acids is 1. The Morgan fingerprint density at radius 1 is 0.848 bits per heavy atom. The first-order valence-electron chi connectivity index (χ1n) is 10.6. The minimum atomic E-state index is -0.990. The Bertz CT molecular complexity index is 1220. The average molecular weight is 511 g/mol. The van der Waals surface area contributed by atoms with Crippen molar-refractivity contribution >= 4 is 27.9 Å². The van der Waals surface area contributed by atoms with Gasteiger partial charge in [-0.1, -0.05) is 30.3 Å². The maximum absolute atomic E-state index is 13.2. The minimum absolute atomic E-state index is 0.250. The standard InChI is InChI=1S/C27H27BrO5/c1-14-12-21(32-13-20-10-8-7-9-11-20)24(28)19(6)22(14)27(31)33-25-17(4)15(2)23(26(29)30)16(3)18(25)5/h7-12H,13H2,1-6H3,(H,29,30). The summed E-state index contributed by atoms with van der Waals surface area (Å²) in [4.78, 5) is 24.9. The Morgan fingerprint density at radius 3 is 1.97 bits per heavy atom. The smallest absolute Gasteiger partial charge is 0.344 e. The second-order valence-electron chi connectivity index (χ2n) is 8.18. The van der Waals surface area contributed by atoms with Crippen LogP contribution in [0.5, 0.6) is 11.5 Å². The van der Waals surface area contributed by atoms with Gasteiger partial charge in [0.05, 0.1) is 15.6 Å². The van der Waals surface area contributed by atoms with E-state index >= 15 is 0 Å². The summed E-state index contributed by atoms with van der Waals surface area (Å²) in [5, 5.41) is 9.57. The predicted octanol–water partition coefficient (Wildman–Crippen LogP) is 6.80. The zero-order chi connectivity index (χ0) is 24.4. The fourth-order valence-electron chi connectivity index (χ4n) is 3.97. The Labute approximate surface area is 202 Å². The molecule has 0 saturated heterocycles. The number of carbonyl (C=O) groups excluding carboxylic acids is 1. The van der Waals surface area contributed by atoms with E-state index in [1.165, 1.54) is 0 Å². The molecule has 0 saturated carbocycles. The molecule has 0 radical (unpaired) electrons. The Morgan fingerprint density at radius 2 is 1.42 bits per heavy atom. The third kappa shape index (κ3) is 4.81. The lowest BCUT2D eigenvalue weighted by Gasteiger charge is -2.20. The van der Waals surface area contributed by atoms with Crippen LogP contribution in [0.1, 0.15) is 59.7 Å². The molecule has 33 heavy (non-hydrogen) atoms. The highest BCUT2D eigenvalue weighted by Crippen LogP contribution is 2.36. The SMILES string of the molecule is Cc1cc(OCc2ccccc2)c(Br)c(C)c1C(=O)Oc1c(C)c(C)c(C(=O)O)c(C)c1C. The van der Waals surface area contributed by atoms with Gasteiger partial charge in [-0.25, -0.2) is 9.59 Å². The van der Waals surface area contributed by atoms with Crippen LogP contribution in [0.15, 0.2) is 40.9 Å². The summed E-state index contributed by atoms with van der Waals surface area (Å²) in [5.74, 6) is -0.432. The Kier molecular flexibility index (Phi) is 7.28. The maximum Gasteiger partial charge on any atom is 0.344 e. The van der Waals surface area contributed by atoms with Crippen LogP contribution >= 0.6 is 15.9 Å². The van der Waals surface area contributed by atoms with E-state index in [2.05, 4.69) is 15.9 Å². The van der Waals surface area contributed by atoms with Crippen LogP contribution in [0.3, 0.4) is 0 Å². The molecular weight excluding hydrogens is 484 g/mol. The van der Waals surface area contributed by atoms with Gasteiger partial charge in [0, 0.05) is 0 Å². The molecule has 0 aromatic heterocycles. The lowest BCUT2D eigenvalue weighted by molar-refractivity contribution is 0.0694. The summed E-state index contributed by atoms with van der Waals surface area (Å²) >= 11 is 3.57. The molecule has 172 valence electrons. The van der Waals surface area contributed by atoms with Crippen molar-refractivity contribution in [3.63, 3.8) is 0 Å². The molecule has 0 aliphatic carbocycles. The van der Waals surface area contributed by atoms with Crippen LogP contribution in [-0.2, 0) is 6.61 Å². The minimum Gasteiger partial charge on any atom is -0.488 e. The number of carbonyl (C=O) groups is 2. The van der Waals surface area contributed by atoms with Gasteiger partial charge < -0.3 is 14.6 Å². The van der Waals surface area contributed by atoms with Crippen molar-refractivity contribution in [2.75, 3.05) is 0 Å². The number of ether oxygens (including phenoxy) is 2. The first-order chi connectivity index (χ1) is 15.5. The molecule has 0 heterocycles. The van der Waals surface area contributed by atoms with E-state index in [1.54, 1.807) is 27.7 Å². The zero-order valence-electron chi connectivity index (χ0n) is 19.6. The van der Waals surface area contributed by atoms with Crippen molar-refractivity contribution in [3.8, 4) is 11.5 Å². The van der Waals surface area contributed by atoms with Gasteiger partial charge in [-0.15, -0.1) is 0 Å². The quantitative estimate of drug-likeness (QED) is 0.291. The molecule has 5 nitrogen and oxygen atoms in total. The normalized spacial score (nSPS) is 10.8. The molecule has 0 aliphatic rings. The topological polar surface area (TPSA) is 72.8 Å². The fourth-order valence-corrected chi connectivity index (χ4v) is 4.40. The number of benzene rings is 3. The van der Waals surface area contributed by atoms with Crippen LogP contribution in [0.25, 0.3) is 0 Å². The van der Waals surface area contributed by atoms with Crippen LogP contribution in [0.4, 0.5) is 0 Å². The fraction of sp³-hybridized carbons (Fsp3) is 0.259. The van der Waals surface area contributed by atoms with Crippen LogP contribution in [0, 0.1) is 41.5 Å². The summed E-state index contributed by atoms with van der Waals surface area (Å²) in [6.07, 6.45) is 0. The lowest BCUT2D eigenvalue weighted by atomic mass is 9.93. The molecule has 6 heteroatoms. The molecule has 0 unspecified atom stereocenters. The summed E-state index contributed by atoms with van der Waals surface area (Å²) in [6, 6.07) is 11.7. The Hall–Kier alpha value is -3.12. The van der Waals surface area contributed by atoms with Crippen molar-refractivity contribution in [2.24, 2.45) is 0 Å². The molecule has 0 spiro atoms. The highest BCUT2D eigenvalue weighted by molar-refractivity contribution is 9.10. The molecule has 0 fully saturated rings. The summed E-state index contributed by atoms with van der Waals surface area (Å²) in [6.45, 7) is 11.1. The van der Waals surface area contributed by atoms with Crippen LogP contribution < -0.4 is 9.47 Å². The number of aryl methyl sites for hydroxylation is 1. The molecule has 0 bridgehead atoms. The van der Waals surface area contributed by atoms with Gasteiger partial charge in [0.2, 0.25) is 0 Å². The van der Waals surface area contributed by atoms with Gasteiger partial charge in [-0.3, -0.25) is 0 Å². The third-order valence-electron chi connectivity index (χ3n) is 6.07. The second-order valence-corrected chi connectivity index (χ2v) is 8.97. The number of rotatable bonds is 6. The van der Waals surface area contributed by atoms with Crippen molar-refractivity contribution in [3.05, 3.63) is 90.9 Å². The molecule has 3 aromatic rings. The van der Waals surface area contributed by atoms with E-state index < -0.39 is 11.9 Å². The van der Waals surface area contributed by atoms with Gasteiger partial charge in [-0.05, 0) is 102 Å². The lowest BCUT2D eigenvalue weighted by Crippen LogP contribution is -2.16. The van der Waals surface area contributed by atoms with Crippen LogP contribution in [-0.4, -0.2) is 17.0 Å². The van der Waals surface area contributed by atoms with E-state index in [0.29, 0.717) is 56.0 Å². The van der Waals surface area contributed by atoms with E-state index in [-0.39, 0.29) is 5.56 Å².